The fourth-order valence-electron chi connectivity index (χ4n) is 2.48. The van der Waals surface area contributed by atoms with Gasteiger partial charge in [-0.2, -0.15) is 0 Å². The van der Waals surface area contributed by atoms with E-state index in [-0.39, 0.29) is 25.2 Å². The molecule has 0 aromatic carbocycles. The molecule has 0 aliphatic heterocycles. The highest BCUT2D eigenvalue weighted by molar-refractivity contribution is 5.80. The van der Waals surface area contributed by atoms with E-state index < -0.39 is 29.5 Å². The summed E-state index contributed by atoms with van der Waals surface area (Å²) < 4.78 is 5.19. The van der Waals surface area contributed by atoms with E-state index >= 15 is 0 Å². The minimum Gasteiger partial charge on any atom is -0.481 e. The average Bonchev–Trinajstić information content (AvgIpc) is 2.59. The van der Waals surface area contributed by atoms with E-state index in [0.717, 1.165) is 0 Å². The molecule has 0 radical (unpaired) electrons. The van der Waals surface area contributed by atoms with Crippen molar-refractivity contribution >= 4 is 23.9 Å². The van der Waals surface area contributed by atoms with Gasteiger partial charge in [0, 0.05) is 12.8 Å². The van der Waals surface area contributed by atoms with Crippen LogP contribution in [0.15, 0.2) is 12.2 Å². The van der Waals surface area contributed by atoms with Gasteiger partial charge in [0.1, 0.15) is 6.10 Å². The summed E-state index contributed by atoms with van der Waals surface area (Å²) >= 11 is 0. The number of carbonyl (C=O) groups excluding carboxylic acids is 3. The van der Waals surface area contributed by atoms with Crippen LogP contribution in [0.25, 0.3) is 0 Å². The van der Waals surface area contributed by atoms with E-state index in [1.54, 1.807) is 19.1 Å². The lowest BCUT2D eigenvalue weighted by Gasteiger charge is -2.27. The van der Waals surface area contributed by atoms with Crippen molar-refractivity contribution in [2.24, 2.45) is 11.3 Å². The van der Waals surface area contributed by atoms with Crippen molar-refractivity contribution in [1.82, 2.24) is 16.3 Å². The van der Waals surface area contributed by atoms with Gasteiger partial charge in [0.15, 0.2) is 0 Å². The molecule has 0 aromatic rings. The Hall–Kier alpha value is -2.62. The number of hydrogen-bond acceptors (Lipinski definition) is 6. The molecular formula is C16H26N4O6. The van der Waals surface area contributed by atoms with Crippen molar-refractivity contribution in [3.63, 3.8) is 0 Å². The number of hydrazine groups is 2. The molecule has 1 aliphatic carbocycles. The summed E-state index contributed by atoms with van der Waals surface area (Å²) in [5.74, 6) is 3.20. The van der Waals surface area contributed by atoms with Gasteiger partial charge in [0.05, 0.1) is 5.41 Å². The Kier molecular flexibility index (Phi) is 8.56. The first-order valence-corrected chi connectivity index (χ1v) is 8.42. The lowest BCUT2D eigenvalue weighted by atomic mass is 9.79. The van der Waals surface area contributed by atoms with Crippen LogP contribution in [0.5, 0.6) is 0 Å². The van der Waals surface area contributed by atoms with Gasteiger partial charge in [-0.1, -0.05) is 6.08 Å². The number of nitrogens with one attached hydrogen (secondary N) is 3. The Morgan fingerprint density at radius 1 is 1.19 bits per heavy atom. The zero-order valence-electron chi connectivity index (χ0n) is 14.7. The Balaban J connectivity index is 2.35. The number of carboxylic acid groups (broad SMARTS) is 1. The van der Waals surface area contributed by atoms with Gasteiger partial charge in [0.2, 0.25) is 11.8 Å². The highest BCUT2D eigenvalue weighted by Gasteiger charge is 2.34. The molecule has 26 heavy (non-hydrogen) atoms. The largest absolute Gasteiger partial charge is 0.481 e. The van der Waals surface area contributed by atoms with Crippen LogP contribution in [0.1, 0.15) is 51.9 Å². The quantitative estimate of drug-likeness (QED) is 0.197. The molecule has 0 spiro atoms. The number of amides is 3. The summed E-state index contributed by atoms with van der Waals surface area (Å²) in [6, 6.07) is 0. The van der Waals surface area contributed by atoms with Crippen molar-refractivity contribution in [3.05, 3.63) is 12.2 Å². The molecule has 0 fully saturated rings. The molecule has 0 heterocycles. The third-order valence-electron chi connectivity index (χ3n) is 4.24. The fourth-order valence-corrected chi connectivity index (χ4v) is 2.48. The zero-order chi connectivity index (χ0) is 19.6. The molecule has 1 rings (SSSR count). The number of hydrogen-bond donors (Lipinski definition) is 5. The van der Waals surface area contributed by atoms with E-state index in [0.29, 0.717) is 25.7 Å². The van der Waals surface area contributed by atoms with E-state index in [2.05, 4.69) is 10.9 Å². The van der Waals surface area contributed by atoms with Crippen LogP contribution in [0.4, 0.5) is 4.79 Å². The van der Waals surface area contributed by atoms with Crippen LogP contribution in [0.3, 0.4) is 0 Å². The third-order valence-corrected chi connectivity index (χ3v) is 4.24. The number of aliphatic carboxylic acids is 1. The molecule has 1 aliphatic rings. The monoisotopic (exact) mass is 370 g/mol. The van der Waals surface area contributed by atoms with Crippen molar-refractivity contribution in [3.8, 4) is 0 Å². The van der Waals surface area contributed by atoms with Gasteiger partial charge in [-0.05, 0) is 45.1 Å². The lowest BCUT2D eigenvalue weighted by Crippen LogP contribution is -2.43. The van der Waals surface area contributed by atoms with Gasteiger partial charge in [0.25, 0.3) is 0 Å². The van der Waals surface area contributed by atoms with Gasteiger partial charge in [-0.15, -0.1) is 0 Å². The maximum atomic E-state index is 11.8. The van der Waals surface area contributed by atoms with Gasteiger partial charge < -0.3 is 9.84 Å². The maximum Gasteiger partial charge on any atom is 0.426 e. The fraction of sp³-hybridized carbons (Fsp3) is 0.625. The number of nitrogens with two attached hydrogens (primary N) is 1. The molecule has 0 saturated heterocycles. The van der Waals surface area contributed by atoms with Gasteiger partial charge in [-0.3, -0.25) is 25.2 Å². The summed E-state index contributed by atoms with van der Waals surface area (Å²) in [7, 11) is 0. The molecule has 0 bridgehead atoms. The molecular weight excluding hydrogens is 344 g/mol. The lowest BCUT2D eigenvalue weighted by molar-refractivity contribution is -0.149. The summed E-state index contributed by atoms with van der Waals surface area (Å²) in [5.41, 5.74) is 5.41. The second kappa shape index (κ2) is 10.4. The summed E-state index contributed by atoms with van der Waals surface area (Å²) in [6.45, 7) is 1.68. The SMILES string of the molecule is CC1(C(=O)O)CC/C=C/C(OC(=O)NNC(=O)CCCC(=O)NN)CC1. The van der Waals surface area contributed by atoms with Crippen LogP contribution in [-0.2, 0) is 19.1 Å². The average molecular weight is 370 g/mol. The Morgan fingerprint density at radius 2 is 1.88 bits per heavy atom. The number of carbonyl (C=O) groups is 4. The van der Waals surface area contributed by atoms with Crippen LogP contribution < -0.4 is 22.1 Å². The molecule has 10 heteroatoms. The molecule has 0 aromatic heterocycles. The predicted octanol–water partition coefficient (Wildman–Crippen LogP) is 0.494. The molecule has 3 amide bonds. The van der Waals surface area contributed by atoms with Crippen molar-refractivity contribution in [1.29, 1.82) is 0 Å². The van der Waals surface area contributed by atoms with Crippen LogP contribution in [-0.4, -0.2) is 35.1 Å². The summed E-state index contributed by atoms with van der Waals surface area (Å²) in [5, 5.41) is 9.33. The minimum atomic E-state index is -0.869. The minimum absolute atomic E-state index is 0.0357. The Morgan fingerprint density at radius 3 is 2.54 bits per heavy atom. The number of rotatable bonds is 6. The molecule has 2 atom stereocenters. The highest BCUT2D eigenvalue weighted by Crippen LogP contribution is 2.32. The number of allylic oxidation sites excluding steroid dienone is 1. The summed E-state index contributed by atoms with van der Waals surface area (Å²) in [6.07, 6.45) is 4.36. The molecule has 6 N–H and O–H groups in total. The number of ether oxygens (including phenoxy) is 1. The van der Waals surface area contributed by atoms with E-state index in [1.807, 2.05) is 5.43 Å². The first-order valence-electron chi connectivity index (χ1n) is 8.42. The first-order chi connectivity index (χ1) is 12.3. The molecule has 0 saturated carbocycles. The second-order valence-corrected chi connectivity index (χ2v) is 6.41. The highest BCUT2D eigenvalue weighted by atomic mass is 16.6. The van der Waals surface area contributed by atoms with Crippen LogP contribution in [0.2, 0.25) is 0 Å². The normalized spacial score (nSPS) is 23.7. The van der Waals surface area contributed by atoms with Crippen molar-refractivity contribution in [2.75, 3.05) is 0 Å². The molecule has 146 valence electrons. The zero-order valence-corrected chi connectivity index (χ0v) is 14.7. The Bertz CT molecular complexity index is 565. The topological polar surface area (TPSA) is 160 Å². The van der Waals surface area contributed by atoms with Crippen molar-refractivity contribution < 1.29 is 29.0 Å². The van der Waals surface area contributed by atoms with E-state index in [1.165, 1.54) is 0 Å². The van der Waals surface area contributed by atoms with E-state index in [4.69, 9.17) is 10.6 Å². The van der Waals surface area contributed by atoms with Gasteiger partial charge in [-0.25, -0.2) is 16.1 Å². The Labute approximate surface area is 151 Å². The van der Waals surface area contributed by atoms with Crippen LogP contribution >= 0.6 is 0 Å². The van der Waals surface area contributed by atoms with E-state index in [9.17, 15) is 24.3 Å². The molecule has 2 unspecified atom stereocenters. The number of carboxylic acids is 1. The maximum absolute atomic E-state index is 11.8. The summed E-state index contributed by atoms with van der Waals surface area (Å²) in [4.78, 5) is 45.6. The third kappa shape index (κ3) is 7.51. The smallest absolute Gasteiger partial charge is 0.426 e. The van der Waals surface area contributed by atoms with Crippen molar-refractivity contribution in [2.45, 2.75) is 58.0 Å². The predicted molar refractivity (Wildman–Crippen MR) is 91.1 cm³/mol. The first kappa shape index (κ1) is 21.4. The van der Waals surface area contributed by atoms with Gasteiger partial charge >= 0.3 is 12.1 Å². The standard InChI is InChI=1S/C16H26N4O6/c1-16(14(23)24)9-3-2-5-11(8-10-16)26-15(25)20-19-13(22)7-4-6-12(21)18-17/h2,5,11H,3-4,6-10,17H2,1H3,(H,18,21)(H,19,22)(H,20,25)(H,23,24)/b5-2+. The van der Waals surface area contributed by atoms with Crippen LogP contribution in [0, 0.1) is 5.41 Å². The molecule has 10 nitrogen and oxygen atoms in total. The second-order valence-electron chi connectivity index (χ2n) is 6.41.